The van der Waals surface area contributed by atoms with Crippen molar-refractivity contribution in [3.8, 4) is 0 Å². The van der Waals surface area contributed by atoms with Gasteiger partial charge in [0.15, 0.2) is 0 Å². The van der Waals surface area contributed by atoms with E-state index in [2.05, 4.69) is 4.98 Å². The molecule has 0 aliphatic rings. The van der Waals surface area contributed by atoms with Crippen LogP contribution in [0.25, 0.3) is 0 Å². The van der Waals surface area contributed by atoms with Crippen LogP contribution in [0, 0.1) is 0 Å². The fourth-order valence-electron chi connectivity index (χ4n) is 0.764. The van der Waals surface area contributed by atoms with Crippen LogP contribution in [0.2, 0.25) is 0 Å². The SMILES string of the molecule is CN(C)S(=O)(=O)c1nccn1C. The zero-order chi connectivity index (χ0) is 9.35. The highest BCUT2D eigenvalue weighted by Gasteiger charge is 2.21. The summed E-state index contributed by atoms with van der Waals surface area (Å²) in [6.07, 6.45) is 3.05. The summed E-state index contributed by atoms with van der Waals surface area (Å²) in [5.41, 5.74) is 0. The van der Waals surface area contributed by atoms with E-state index in [0.717, 1.165) is 4.31 Å². The minimum atomic E-state index is -3.38. The van der Waals surface area contributed by atoms with Gasteiger partial charge in [-0.25, -0.2) is 17.7 Å². The lowest BCUT2D eigenvalue weighted by Crippen LogP contribution is -2.24. The van der Waals surface area contributed by atoms with Crippen LogP contribution in [-0.4, -0.2) is 36.4 Å². The van der Waals surface area contributed by atoms with E-state index in [0.29, 0.717) is 0 Å². The van der Waals surface area contributed by atoms with Gasteiger partial charge in [-0.15, -0.1) is 0 Å². The van der Waals surface area contributed by atoms with Gasteiger partial charge in [0.1, 0.15) is 0 Å². The third-order valence-electron chi connectivity index (χ3n) is 1.49. The van der Waals surface area contributed by atoms with E-state index in [1.807, 2.05) is 0 Å². The highest BCUT2D eigenvalue weighted by Crippen LogP contribution is 2.07. The van der Waals surface area contributed by atoms with Crippen molar-refractivity contribution < 1.29 is 8.42 Å². The summed E-state index contributed by atoms with van der Waals surface area (Å²) in [7, 11) is 1.22. The summed E-state index contributed by atoms with van der Waals surface area (Å²) in [6, 6.07) is 0. The number of rotatable bonds is 2. The molecule has 1 aromatic rings. The number of hydrogen-bond donors (Lipinski definition) is 0. The number of aryl methyl sites for hydroxylation is 1. The zero-order valence-corrected chi connectivity index (χ0v) is 8.04. The molecule has 0 radical (unpaired) electrons. The first-order chi connectivity index (χ1) is 5.46. The molecule has 5 nitrogen and oxygen atoms in total. The maximum Gasteiger partial charge on any atom is 0.276 e. The van der Waals surface area contributed by atoms with Crippen molar-refractivity contribution in [1.29, 1.82) is 0 Å². The Kier molecular flexibility index (Phi) is 2.20. The van der Waals surface area contributed by atoms with Gasteiger partial charge in [-0.2, -0.15) is 0 Å². The number of aromatic nitrogens is 2. The van der Waals surface area contributed by atoms with Crippen molar-refractivity contribution in [2.75, 3.05) is 14.1 Å². The number of hydrogen-bond acceptors (Lipinski definition) is 3. The molecule has 0 saturated carbocycles. The van der Waals surface area contributed by atoms with Gasteiger partial charge < -0.3 is 4.57 Å². The monoisotopic (exact) mass is 189 g/mol. The third-order valence-corrected chi connectivity index (χ3v) is 3.30. The Morgan fingerprint density at radius 2 is 2.08 bits per heavy atom. The molecule has 0 unspecified atom stereocenters. The van der Waals surface area contributed by atoms with Gasteiger partial charge in [0.05, 0.1) is 0 Å². The van der Waals surface area contributed by atoms with Gasteiger partial charge in [-0.3, -0.25) is 0 Å². The Bertz CT molecular complexity index is 366. The highest BCUT2D eigenvalue weighted by atomic mass is 32.2. The van der Waals surface area contributed by atoms with E-state index in [1.54, 1.807) is 13.2 Å². The molecular formula is C6H11N3O2S. The second-order valence-electron chi connectivity index (χ2n) is 2.61. The smallest absolute Gasteiger partial charge is 0.276 e. The molecule has 68 valence electrons. The average Bonchev–Trinajstić information content (AvgIpc) is 2.35. The zero-order valence-electron chi connectivity index (χ0n) is 7.22. The summed E-state index contributed by atoms with van der Waals surface area (Å²) in [5.74, 6) is 0. The van der Waals surface area contributed by atoms with Crippen LogP contribution in [0.3, 0.4) is 0 Å². The lowest BCUT2D eigenvalue weighted by molar-refractivity contribution is 0.506. The van der Waals surface area contributed by atoms with Crippen LogP contribution >= 0.6 is 0 Å². The Labute approximate surface area is 71.7 Å². The van der Waals surface area contributed by atoms with E-state index in [9.17, 15) is 8.42 Å². The second kappa shape index (κ2) is 2.87. The van der Waals surface area contributed by atoms with E-state index < -0.39 is 10.0 Å². The molecule has 1 aromatic heterocycles. The van der Waals surface area contributed by atoms with Crippen molar-refractivity contribution in [2.45, 2.75) is 5.16 Å². The first kappa shape index (κ1) is 9.21. The van der Waals surface area contributed by atoms with E-state index in [4.69, 9.17) is 0 Å². The minimum absolute atomic E-state index is 0.0625. The minimum Gasteiger partial charge on any atom is -0.324 e. The summed E-state index contributed by atoms with van der Waals surface area (Å²) in [5, 5.41) is 0.0625. The molecule has 1 rings (SSSR count). The molecule has 0 bridgehead atoms. The normalized spacial score (nSPS) is 12.3. The number of sulfonamides is 1. The maximum absolute atomic E-state index is 11.5. The van der Waals surface area contributed by atoms with Gasteiger partial charge in [0.25, 0.3) is 10.0 Å². The van der Waals surface area contributed by atoms with Crippen molar-refractivity contribution in [3.63, 3.8) is 0 Å². The Hall–Kier alpha value is -0.880. The van der Waals surface area contributed by atoms with Gasteiger partial charge in [0, 0.05) is 33.5 Å². The standard InChI is InChI=1S/C6H11N3O2S/c1-8(2)12(10,11)6-7-4-5-9(6)3/h4-5H,1-3H3. The summed E-state index contributed by atoms with van der Waals surface area (Å²) in [6.45, 7) is 0. The number of nitrogens with zero attached hydrogens (tertiary/aromatic N) is 3. The molecule has 0 saturated heterocycles. The summed E-state index contributed by atoms with van der Waals surface area (Å²) >= 11 is 0. The first-order valence-electron chi connectivity index (χ1n) is 3.36. The van der Waals surface area contributed by atoms with Crippen molar-refractivity contribution in [1.82, 2.24) is 13.9 Å². The van der Waals surface area contributed by atoms with Crippen molar-refractivity contribution in [3.05, 3.63) is 12.4 Å². The topological polar surface area (TPSA) is 55.2 Å². The second-order valence-corrected chi connectivity index (χ2v) is 4.65. The van der Waals surface area contributed by atoms with E-state index in [-0.39, 0.29) is 5.16 Å². The van der Waals surface area contributed by atoms with Crippen LogP contribution in [0.15, 0.2) is 17.6 Å². The molecule has 0 fully saturated rings. The number of imidazole rings is 1. The van der Waals surface area contributed by atoms with Crippen LogP contribution in [-0.2, 0) is 17.1 Å². The summed E-state index contributed by atoms with van der Waals surface area (Å²) in [4.78, 5) is 3.74. The van der Waals surface area contributed by atoms with Crippen molar-refractivity contribution >= 4 is 10.0 Å². The van der Waals surface area contributed by atoms with Crippen LogP contribution in [0.1, 0.15) is 0 Å². The third kappa shape index (κ3) is 1.35. The molecule has 0 atom stereocenters. The molecule has 0 N–H and O–H groups in total. The van der Waals surface area contributed by atoms with Gasteiger partial charge >= 0.3 is 0 Å². The Morgan fingerprint density at radius 3 is 2.42 bits per heavy atom. The first-order valence-corrected chi connectivity index (χ1v) is 4.80. The van der Waals surface area contributed by atoms with Crippen LogP contribution < -0.4 is 0 Å². The molecule has 0 amide bonds. The molecule has 6 heteroatoms. The lowest BCUT2D eigenvalue weighted by atomic mass is 10.9. The molecular weight excluding hydrogens is 178 g/mol. The fraction of sp³-hybridized carbons (Fsp3) is 0.500. The predicted molar refractivity (Wildman–Crippen MR) is 44.1 cm³/mol. The maximum atomic E-state index is 11.5. The molecule has 0 aliphatic carbocycles. The molecule has 0 spiro atoms. The average molecular weight is 189 g/mol. The molecule has 0 aromatic carbocycles. The van der Waals surface area contributed by atoms with Gasteiger partial charge in [-0.1, -0.05) is 0 Å². The molecule has 1 heterocycles. The van der Waals surface area contributed by atoms with Crippen molar-refractivity contribution in [2.24, 2.45) is 7.05 Å². The summed E-state index contributed by atoms with van der Waals surface area (Å²) < 4.78 is 25.5. The van der Waals surface area contributed by atoms with Gasteiger partial charge in [-0.05, 0) is 0 Å². The van der Waals surface area contributed by atoms with E-state index >= 15 is 0 Å². The van der Waals surface area contributed by atoms with Crippen LogP contribution in [0.5, 0.6) is 0 Å². The molecule has 12 heavy (non-hydrogen) atoms. The largest absolute Gasteiger partial charge is 0.324 e. The van der Waals surface area contributed by atoms with E-state index in [1.165, 1.54) is 24.9 Å². The fourth-order valence-corrected chi connectivity index (χ4v) is 1.71. The lowest BCUT2D eigenvalue weighted by Gasteiger charge is -2.09. The predicted octanol–water partition coefficient (Wildman–Crippen LogP) is -0.330. The van der Waals surface area contributed by atoms with Crippen LogP contribution in [0.4, 0.5) is 0 Å². The quantitative estimate of drug-likeness (QED) is 0.640. The van der Waals surface area contributed by atoms with Gasteiger partial charge in [0.2, 0.25) is 5.16 Å². The molecule has 0 aliphatic heterocycles. The highest BCUT2D eigenvalue weighted by molar-refractivity contribution is 7.88. The Balaban J connectivity index is 3.24. The Morgan fingerprint density at radius 1 is 1.50 bits per heavy atom.